The van der Waals surface area contributed by atoms with Crippen molar-refractivity contribution in [1.82, 2.24) is 0 Å². The zero-order valence-electron chi connectivity index (χ0n) is 18.6. The summed E-state index contributed by atoms with van der Waals surface area (Å²) in [7, 11) is 0. The van der Waals surface area contributed by atoms with Crippen LogP contribution in [-0.2, 0) is 11.3 Å². The maximum absolute atomic E-state index is 11.7. The minimum absolute atomic E-state index is 0.00966. The van der Waals surface area contributed by atoms with E-state index in [2.05, 4.69) is 83.2 Å². The van der Waals surface area contributed by atoms with Crippen molar-refractivity contribution < 1.29 is 9.84 Å². The van der Waals surface area contributed by atoms with Crippen LogP contribution >= 0.6 is 0 Å². The topological polar surface area (TPSA) is 29.5 Å². The fraction of sp³-hybridized carbons (Fsp3) is 0.556. The van der Waals surface area contributed by atoms with E-state index in [0.717, 1.165) is 12.8 Å². The largest absolute Gasteiger partial charge is 0.392 e. The van der Waals surface area contributed by atoms with Gasteiger partial charge in [-0.05, 0) is 55.6 Å². The molecule has 3 aliphatic rings. The Labute approximate surface area is 176 Å². The van der Waals surface area contributed by atoms with Gasteiger partial charge in [-0.15, -0.1) is 0 Å². The second-order valence-corrected chi connectivity index (χ2v) is 10.2. The second-order valence-electron chi connectivity index (χ2n) is 10.2. The molecule has 0 spiro atoms. The summed E-state index contributed by atoms with van der Waals surface area (Å²) >= 11 is 0. The van der Waals surface area contributed by atoms with E-state index in [0.29, 0.717) is 18.4 Å². The minimum Gasteiger partial charge on any atom is -0.392 e. The molecular weight excluding hydrogens is 356 g/mol. The fourth-order valence-corrected chi connectivity index (χ4v) is 6.11. The van der Waals surface area contributed by atoms with E-state index in [1.165, 1.54) is 16.7 Å². The van der Waals surface area contributed by atoms with Gasteiger partial charge in [0.15, 0.2) is 0 Å². The van der Waals surface area contributed by atoms with Crippen molar-refractivity contribution in [3.05, 3.63) is 71.3 Å². The van der Waals surface area contributed by atoms with Gasteiger partial charge >= 0.3 is 0 Å². The predicted octanol–water partition coefficient (Wildman–Crippen LogP) is 6.08. The molecule has 6 atom stereocenters. The summed E-state index contributed by atoms with van der Waals surface area (Å²) < 4.78 is 6.52. The van der Waals surface area contributed by atoms with Crippen LogP contribution in [0.4, 0.5) is 0 Å². The molecule has 2 nitrogen and oxygen atoms in total. The van der Waals surface area contributed by atoms with Gasteiger partial charge in [-0.2, -0.15) is 0 Å². The van der Waals surface area contributed by atoms with Crippen molar-refractivity contribution >= 4 is 0 Å². The first-order valence-corrected chi connectivity index (χ1v) is 11.2. The van der Waals surface area contributed by atoms with Gasteiger partial charge in [-0.25, -0.2) is 0 Å². The van der Waals surface area contributed by atoms with Crippen LogP contribution in [-0.4, -0.2) is 17.3 Å². The van der Waals surface area contributed by atoms with Crippen LogP contribution in [0.1, 0.15) is 53.0 Å². The van der Waals surface area contributed by atoms with Gasteiger partial charge < -0.3 is 9.84 Å². The standard InChI is InChI=1S/C27H36O2/c1-6-19-15-21-22(25(28)27(5)13-12-26(3,4)23(27)16-19)14-18(2)24(21)29-17-20-10-8-7-9-11-20/h6-13,16,18,21-22,24-25,28H,14-15,17H2,1-5H3/b19-6-,23-16?/t18-,21+,22+,24+,25-,27-/m1/s1. The zero-order chi connectivity index (χ0) is 20.8. The molecule has 0 aliphatic heterocycles. The van der Waals surface area contributed by atoms with Crippen molar-refractivity contribution in [1.29, 1.82) is 0 Å². The van der Waals surface area contributed by atoms with E-state index in [9.17, 15) is 5.11 Å². The molecule has 1 aromatic carbocycles. The maximum atomic E-state index is 11.7. The highest BCUT2D eigenvalue weighted by atomic mass is 16.5. The number of rotatable bonds is 3. The molecule has 0 amide bonds. The highest BCUT2D eigenvalue weighted by molar-refractivity contribution is 5.44. The summed E-state index contributed by atoms with van der Waals surface area (Å²) in [5.74, 6) is 1.06. The van der Waals surface area contributed by atoms with Gasteiger partial charge in [0.1, 0.15) is 0 Å². The van der Waals surface area contributed by atoms with E-state index >= 15 is 0 Å². The first-order chi connectivity index (χ1) is 13.8. The van der Waals surface area contributed by atoms with Gasteiger partial charge in [-0.1, -0.05) is 81.0 Å². The predicted molar refractivity (Wildman–Crippen MR) is 119 cm³/mol. The fourth-order valence-electron chi connectivity index (χ4n) is 6.11. The molecule has 2 heteroatoms. The first kappa shape index (κ1) is 20.6. The summed E-state index contributed by atoms with van der Waals surface area (Å²) in [5, 5.41) is 11.7. The third-order valence-electron chi connectivity index (χ3n) is 7.77. The highest BCUT2D eigenvalue weighted by Crippen LogP contribution is 2.57. The Morgan fingerprint density at radius 1 is 1.10 bits per heavy atom. The Hall–Kier alpha value is -1.64. The summed E-state index contributed by atoms with van der Waals surface area (Å²) in [6, 6.07) is 10.4. The van der Waals surface area contributed by atoms with Crippen LogP contribution in [0.3, 0.4) is 0 Å². The number of aliphatic hydroxyl groups excluding tert-OH is 1. The van der Waals surface area contributed by atoms with Crippen LogP contribution < -0.4 is 0 Å². The molecule has 0 bridgehead atoms. The molecule has 1 fully saturated rings. The molecule has 4 rings (SSSR count). The van der Waals surface area contributed by atoms with Crippen LogP contribution in [0.5, 0.6) is 0 Å². The monoisotopic (exact) mass is 392 g/mol. The Kier molecular flexibility index (Phi) is 5.38. The van der Waals surface area contributed by atoms with E-state index in [1.807, 2.05) is 6.07 Å². The van der Waals surface area contributed by atoms with E-state index in [1.54, 1.807) is 0 Å². The average molecular weight is 393 g/mol. The molecule has 0 unspecified atom stereocenters. The maximum Gasteiger partial charge on any atom is 0.0720 e. The molecule has 156 valence electrons. The van der Waals surface area contributed by atoms with Crippen LogP contribution in [0.2, 0.25) is 0 Å². The molecular formula is C27H36O2. The van der Waals surface area contributed by atoms with Crippen molar-refractivity contribution in [2.24, 2.45) is 28.6 Å². The van der Waals surface area contributed by atoms with Crippen LogP contribution in [0, 0.1) is 28.6 Å². The van der Waals surface area contributed by atoms with Crippen molar-refractivity contribution in [3.63, 3.8) is 0 Å². The Bertz CT molecular complexity index is 831. The molecule has 0 radical (unpaired) electrons. The van der Waals surface area contributed by atoms with Crippen molar-refractivity contribution in [3.8, 4) is 0 Å². The Morgan fingerprint density at radius 3 is 2.52 bits per heavy atom. The Morgan fingerprint density at radius 2 is 1.83 bits per heavy atom. The molecule has 0 heterocycles. The van der Waals surface area contributed by atoms with Crippen molar-refractivity contribution in [2.45, 2.75) is 66.3 Å². The molecule has 29 heavy (non-hydrogen) atoms. The van der Waals surface area contributed by atoms with Crippen LogP contribution in [0.25, 0.3) is 0 Å². The lowest BCUT2D eigenvalue weighted by Gasteiger charge is -2.42. The third-order valence-corrected chi connectivity index (χ3v) is 7.77. The summed E-state index contributed by atoms with van der Waals surface area (Å²) in [6.07, 6.45) is 11.0. The first-order valence-electron chi connectivity index (χ1n) is 11.2. The molecule has 1 saturated carbocycles. The van der Waals surface area contributed by atoms with E-state index in [-0.39, 0.29) is 29.0 Å². The second kappa shape index (κ2) is 7.56. The molecule has 1 N–H and O–H groups in total. The number of hydrogen-bond acceptors (Lipinski definition) is 2. The number of benzene rings is 1. The van der Waals surface area contributed by atoms with Crippen LogP contribution in [0.15, 0.2) is 65.8 Å². The number of fused-ring (bicyclic) bond motifs is 2. The lowest BCUT2D eigenvalue weighted by atomic mass is 9.64. The zero-order valence-corrected chi connectivity index (χ0v) is 18.6. The number of hydrogen-bond donors (Lipinski definition) is 1. The molecule has 1 aromatic rings. The van der Waals surface area contributed by atoms with Crippen molar-refractivity contribution in [2.75, 3.05) is 0 Å². The summed E-state index contributed by atoms with van der Waals surface area (Å²) in [4.78, 5) is 0. The smallest absolute Gasteiger partial charge is 0.0720 e. The molecule has 0 aromatic heterocycles. The number of aliphatic hydroxyl groups is 1. The number of allylic oxidation sites excluding steroid dienone is 4. The highest BCUT2D eigenvalue weighted by Gasteiger charge is 2.54. The average Bonchev–Trinajstić information content (AvgIpc) is 3.13. The van der Waals surface area contributed by atoms with E-state index < -0.39 is 0 Å². The summed E-state index contributed by atoms with van der Waals surface area (Å²) in [6.45, 7) is 11.8. The normalized spacial score (nSPS) is 39.6. The number of ether oxygens (including phenoxy) is 1. The lowest BCUT2D eigenvalue weighted by molar-refractivity contribution is -0.0362. The lowest BCUT2D eigenvalue weighted by Crippen LogP contribution is -2.43. The SMILES string of the molecule is C/C=C1\C=C2C(C)(C)C=C[C@@]2(C)[C@H](O)[C@H]2C[C@@H](C)[C@H](OCc3ccccc3)[C@H]2C1. The van der Waals surface area contributed by atoms with Gasteiger partial charge in [0.05, 0.1) is 18.8 Å². The van der Waals surface area contributed by atoms with Gasteiger partial charge in [0.2, 0.25) is 0 Å². The van der Waals surface area contributed by atoms with Gasteiger partial charge in [0, 0.05) is 10.8 Å². The molecule has 3 aliphatic carbocycles. The van der Waals surface area contributed by atoms with Gasteiger partial charge in [0.25, 0.3) is 0 Å². The summed E-state index contributed by atoms with van der Waals surface area (Å²) in [5.41, 5.74) is 3.65. The van der Waals surface area contributed by atoms with E-state index in [4.69, 9.17) is 4.74 Å². The van der Waals surface area contributed by atoms with Gasteiger partial charge in [-0.3, -0.25) is 0 Å². The molecule has 0 saturated heterocycles. The quantitative estimate of drug-likeness (QED) is 0.631. The third kappa shape index (κ3) is 3.55. The minimum atomic E-state index is -0.372. The Balaban J connectivity index is 1.65.